The maximum absolute atomic E-state index is 12.7. The summed E-state index contributed by atoms with van der Waals surface area (Å²) in [4.78, 5) is 27.1. The molecule has 3 aromatic carbocycles. The van der Waals surface area contributed by atoms with Crippen LogP contribution in [0.25, 0.3) is 0 Å². The van der Waals surface area contributed by atoms with Crippen molar-refractivity contribution in [3.05, 3.63) is 101 Å². The van der Waals surface area contributed by atoms with Gasteiger partial charge in [-0.15, -0.1) is 0 Å². The molecule has 0 saturated carbocycles. The second-order valence-corrected chi connectivity index (χ2v) is 7.17. The van der Waals surface area contributed by atoms with Gasteiger partial charge in [0, 0.05) is 12.2 Å². The number of hydrogen-bond donors (Lipinski definition) is 0. The summed E-state index contributed by atoms with van der Waals surface area (Å²) >= 11 is 0. The minimum Gasteiger partial charge on any atom is -0.452 e. The summed E-state index contributed by atoms with van der Waals surface area (Å²) in [6.07, 6.45) is 2.52. The highest BCUT2D eigenvalue weighted by Gasteiger charge is 2.23. The Kier molecular flexibility index (Phi) is 5.71. The lowest BCUT2D eigenvalue weighted by Gasteiger charge is -2.29. The fourth-order valence-corrected chi connectivity index (χ4v) is 3.76. The average molecular weight is 385 g/mol. The number of carbonyl (C=O) groups is 2. The van der Waals surface area contributed by atoms with Gasteiger partial charge in [-0.3, -0.25) is 4.79 Å². The maximum Gasteiger partial charge on any atom is 0.338 e. The van der Waals surface area contributed by atoms with Gasteiger partial charge in [-0.2, -0.15) is 0 Å². The molecule has 0 radical (unpaired) electrons. The van der Waals surface area contributed by atoms with Crippen molar-refractivity contribution in [2.75, 3.05) is 18.1 Å². The fraction of sp³-hybridized carbons (Fsp3) is 0.200. The number of carbonyl (C=O) groups excluding carboxylic acids is 2. The third kappa shape index (κ3) is 4.37. The third-order valence-electron chi connectivity index (χ3n) is 5.21. The number of esters is 1. The average Bonchev–Trinajstić information content (AvgIpc) is 2.78. The van der Waals surface area contributed by atoms with Crippen molar-refractivity contribution in [2.24, 2.45) is 0 Å². The molecule has 0 fully saturated rings. The molecule has 0 aliphatic carbocycles. The van der Waals surface area contributed by atoms with Crippen molar-refractivity contribution < 1.29 is 14.3 Å². The van der Waals surface area contributed by atoms with E-state index in [0.29, 0.717) is 18.5 Å². The molecule has 0 saturated heterocycles. The molecule has 0 atom stereocenters. The summed E-state index contributed by atoms with van der Waals surface area (Å²) in [7, 11) is 0. The quantitative estimate of drug-likeness (QED) is 0.611. The first-order chi connectivity index (χ1) is 14.2. The first-order valence-electron chi connectivity index (χ1n) is 9.89. The molecular formula is C25H23NO3. The number of para-hydroxylation sites is 1. The number of benzene rings is 3. The Morgan fingerprint density at radius 3 is 2.45 bits per heavy atom. The van der Waals surface area contributed by atoms with Crippen molar-refractivity contribution >= 4 is 17.6 Å². The Balaban J connectivity index is 1.44. The van der Waals surface area contributed by atoms with Crippen LogP contribution in [0.5, 0.6) is 0 Å². The highest BCUT2D eigenvalue weighted by Crippen LogP contribution is 2.26. The summed E-state index contributed by atoms with van der Waals surface area (Å²) < 4.78 is 5.41. The molecular weight excluding hydrogens is 362 g/mol. The zero-order chi connectivity index (χ0) is 20.1. The molecule has 0 unspecified atom stereocenters. The molecule has 1 amide bonds. The lowest BCUT2D eigenvalue weighted by Crippen LogP contribution is -2.38. The van der Waals surface area contributed by atoms with Gasteiger partial charge in [0.25, 0.3) is 5.91 Å². The van der Waals surface area contributed by atoms with Crippen molar-refractivity contribution in [1.82, 2.24) is 0 Å². The zero-order valence-electron chi connectivity index (χ0n) is 16.2. The van der Waals surface area contributed by atoms with Gasteiger partial charge in [0.1, 0.15) is 0 Å². The number of fused-ring (bicyclic) bond motifs is 1. The second kappa shape index (κ2) is 8.74. The van der Waals surface area contributed by atoms with Gasteiger partial charge >= 0.3 is 5.97 Å². The lowest BCUT2D eigenvalue weighted by molar-refractivity contribution is -0.121. The number of hydrogen-bond acceptors (Lipinski definition) is 3. The van der Waals surface area contributed by atoms with Crippen LogP contribution < -0.4 is 4.90 Å². The first-order valence-corrected chi connectivity index (χ1v) is 9.89. The monoisotopic (exact) mass is 385 g/mol. The van der Waals surface area contributed by atoms with E-state index in [4.69, 9.17) is 4.74 Å². The number of anilines is 1. The fourth-order valence-electron chi connectivity index (χ4n) is 3.76. The number of amides is 1. The predicted molar refractivity (Wildman–Crippen MR) is 113 cm³/mol. The third-order valence-corrected chi connectivity index (χ3v) is 5.21. The van der Waals surface area contributed by atoms with Crippen molar-refractivity contribution in [1.29, 1.82) is 0 Å². The Morgan fingerprint density at radius 2 is 1.59 bits per heavy atom. The van der Waals surface area contributed by atoms with Gasteiger partial charge < -0.3 is 9.64 Å². The van der Waals surface area contributed by atoms with Gasteiger partial charge in [-0.1, -0.05) is 66.7 Å². The number of nitrogens with zero attached hydrogens (tertiary/aromatic N) is 1. The van der Waals surface area contributed by atoms with E-state index in [2.05, 4.69) is 0 Å². The van der Waals surface area contributed by atoms with E-state index in [0.717, 1.165) is 35.2 Å². The molecule has 0 bridgehead atoms. The highest BCUT2D eigenvalue weighted by molar-refractivity contribution is 5.98. The standard InChI is InChI=1S/C25H23NO3/c27-24(26-16-8-13-20-11-5-7-15-23(20)26)18-29-25(28)22-14-6-4-12-21(22)17-19-9-2-1-3-10-19/h1-7,9-12,14-15H,8,13,16-18H2. The topological polar surface area (TPSA) is 46.6 Å². The van der Waals surface area contributed by atoms with Crippen LogP contribution in [0.2, 0.25) is 0 Å². The van der Waals surface area contributed by atoms with Crippen LogP contribution in [-0.2, 0) is 22.4 Å². The highest BCUT2D eigenvalue weighted by atomic mass is 16.5. The second-order valence-electron chi connectivity index (χ2n) is 7.17. The van der Waals surface area contributed by atoms with Crippen LogP contribution in [0.15, 0.2) is 78.9 Å². The molecule has 4 nitrogen and oxygen atoms in total. The predicted octanol–water partition coefficient (Wildman–Crippen LogP) is 4.41. The lowest BCUT2D eigenvalue weighted by atomic mass is 10.00. The molecule has 0 N–H and O–H groups in total. The van der Waals surface area contributed by atoms with E-state index in [-0.39, 0.29) is 12.5 Å². The van der Waals surface area contributed by atoms with Crippen molar-refractivity contribution in [3.8, 4) is 0 Å². The summed E-state index contributed by atoms with van der Waals surface area (Å²) in [5.41, 5.74) is 4.59. The van der Waals surface area contributed by atoms with Crippen molar-refractivity contribution in [2.45, 2.75) is 19.3 Å². The van der Waals surface area contributed by atoms with Crippen LogP contribution in [0.1, 0.15) is 33.5 Å². The van der Waals surface area contributed by atoms with Crippen LogP contribution in [0.3, 0.4) is 0 Å². The van der Waals surface area contributed by atoms with E-state index in [1.165, 1.54) is 0 Å². The summed E-state index contributed by atoms with van der Waals surface area (Å²) in [6, 6.07) is 25.3. The van der Waals surface area contributed by atoms with Crippen LogP contribution >= 0.6 is 0 Å². The summed E-state index contributed by atoms with van der Waals surface area (Å²) in [5.74, 6) is -0.652. The van der Waals surface area contributed by atoms with E-state index >= 15 is 0 Å². The molecule has 146 valence electrons. The van der Waals surface area contributed by atoms with E-state index < -0.39 is 5.97 Å². The Labute approximate surface area is 170 Å². The van der Waals surface area contributed by atoms with Gasteiger partial charge in [0.15, 0.2) is 6.61 Å². The minimum atomic E-state index is -0.463. The molecule has 0 spiro atoms. The first kappa shape index (κ1) is 18.9. The molecule has 1 heterocycles. The zero-order valence-corrected chi connectivity index (χ0v) is 16.2. The Hall–Kier alpha value is -3.40. The maximum atomic E-state index is 12.7. The summed E-state index contributed by atoms with van der Waals surface area (Å²) in [6.45, 7) is 0.394. The van der Waals surface area contributed by atoms with E-state index in [9.17, 15) is 9.59 Å². The van der Waals surface area contributed by atoms with Gasteiger partial charge in [-0.05, 0) is 48.1 Å². The number of rotatable bonds is 5. The van der Waals surface area contributed by atoms with Gasteiger partial charge in [-0.25, -0.2) is 4.79 Å². The molecule has 1 aliphatic heterocycles. The van der Waals surface area contributed by atoms with Gasteiger partial charge in [0.2, 0.25) is 0 Å². The smallest absolute Gasteiger partial charge is 0.338 e. The van der Waals surface area contributed by atoms with E-state index in [1.807, 2.05) is 72.8 Å². The Bertz CT molecular complexity index is 1010. The molecule has 1 aliphatic rings. The van der Waals surface area contributed by atoms with Crippen LogP contribution in [-0.4, -0.2) is 25.0 Å². The normalized spacial score (nSPS) is 12.9. The largest absolute Gasteiger partial charge is 0.452 e. The SMILES string of the molecule is O=C(OCC(=O)N1CCCc2ccccc21)c1ccccc1Cc1ccccc1. The van der Waals surface area contributed by atoms with Crippen LogP contribution in [0, 0.1) is 0 Å². The van der Waals surface area contributed by atoms with E-state index in [1.54, 1.807) is 11.0 Å². The Morgan fingerprint density at radius 1 is 0.862 bits per heavy atom. The number of ether oxygens (including phenoxy) is 1. The molecule has 0 aromatic heterocycles. The molecule has 3 aromatic rings. The number of aryl methyl sites for hydroxylation is 1. The van der Waals surface area contributed by atoms with Crippen LogP contribution in [0.4, 0.5) is 5.69 Å². The molecule has 29 heavy (non-hydrogen) atoms. The molecule has 4 rings (SSSR count). The molecule has 4 heteroatoms. The van der Waals surface area contributed by atoms with Crippen molar-refractivity contribution in [3.63, 3.8) is 0 Å². The van der Waals surface area contributed by atoms with Gasteiger partial charge in [0.05, 0.1) is 5.56 Å². The minimum absolute atomic E-state index is 0.189. The summed E-state index contributed by atoms with van der Waals surface area (Å²) in [5, 5.41) is 0.